The number of hydrogen-bond acceptors (Lipinski definition) is 7. The molecule has 0 unspecified atom stereocenters. The fourth-order valence-corrected chi connectivity index (χ4v) is 3.92. The SMILES string of the molecule is Cc1cn(-c2nc(-c3cc(S(=O)(=O)NCCC(C)(C)O)ccc3C)cnc2N)cn1. The van der Waals surface area contributed by atoms with Crippen molar-refractivity contribution in [2.75, 3.05) is 12.3 Å². The molecule has 0 radical (unpaired) electrons. The molecule has 1 aromatic carbocycles. The number of anilines is 1. The molecule has 9 nitrogen and oxygen atoms in total. The Morgan fingerprint density at radius 3 is 2.60 bits per heavy atom. The summed E-state index contributed by atoms with van der Waals surface area (Å²) in [5.41, 5.74) is 7.81. The van der Waals surface area contributed by atoms with Crippen LogP contribution in [0.5, 0.6) is 0 Å². The van der Waals surface area contributed by atoms with Crippen LogP contribution in [0.4, 0.5) is 5.82 Å². The van der Waals surface area contributed by atoms with Crippen molar-refractivity contribution in [3.05, 3.63) is 48.2 Å². The number of benzene rings is 1. The summed E-state index contributed by atoms with van der Waals surface area (Å²) >= 11 is 0. The van der Waals surface area contributed by atoms with Crippen LogP contribution in [-0.2, 0) is 10.0 Å². The Bertz CT molecular complexity index is 1170. The number of nitrogens with one attached hydrogen (secondary N) is 1. The standard InChI is InChI=1S/C20H26N6O3S/c1-13-5-6-15(30(28,29)24-8-7-20(3,4)27)9-16(13)17-10-22-18(21)19(25-17)26-11-14(2)23-12-26/h5-6,9-12,24,27H,7-8H2,1-4H3,(H2,21,22). The second-order valence-corrected chi connectivity index (χ2v) is 9.59. The van der Waals surface area contributed by atoms with E-state index in [1.807, 2.05) is 13.8 Å². The van der Waals surface area contributed by atoms with E-state index in [1.165, 1.54) is 12.3 Å². The second kappa shape index (κ2) is 8.13. The lowest BCUT2D eigenvalue weighted by molar-refractivity contribution is 0.0728. The molecular formula is C20H26N6O3S. The van der Waals surface area contributed by atoms with E-state index in [2.05, 4.69) is 19.7 Å². The summed E-state index contributed by atoms with van der Waals surface area (Å²) in [4.78, 5) is 13.1. The summed E-state index contributed by atoms with van der Waals surface area (Å²) in [7, 11) is -3.75. The minimum absolute atomic E-state index is 0.109. The van der Waals surface area contributed by atoms with Crippen LogP contribution < -0.4 is 10.5 Å². The van der Waals surface area contributed by atoms with Crippen molar-refractivity contribution >= 4 is 15.8 Å². The van der Waals surface area contributed by atoms with Gasteiger partial charge in [0.15, 0.2) is 11.6 Å². The third kappa shape index (κ3) is 5.02. The highest BCUT2D eigenvalue weighted by Crippen LogP contribution is 2.26. The number of imidazole rings is 1. The first kappa shape index (κ1) is 21.9. The molecule has 160 valence electrons. The van der Waals surface area contributed by atoms with Crippen molar-refractivity contribution in [1.82, 2.24) is 24.2 Å². The Morgan fingerprint density at radius 2 is 1.97 bits per heavy atom. The number of nitrogens with zero attached hydrogens (tertiary/aromatic N) is 4. The van der Waals surface area contributed by atoms with Gasteiger partial charge in [0.25, 0.3) is 0 Å². The fourth-order valence-electron chi connectivity index (χ4n) is 2.86. The molecule has 0 bridgehead atoms. The van der Waals surface area contributed by atoms with Gasteiger partial charge in [-0.15, -0.1) is 0 Å². The maximum atomic E-state index is 12.7. The molecule has 0 saturated carbocycles. The first-order valence-electron chi connectivity index (χ1n) is 9.43. The van der Waals surface area contributed by atoms with E-state index < -0.39 is 15.6 Å². The van der Waals surface area contributed by atoms with Gasteiger partial charge in [-0.05, 0) is 51.8 Å². The quantitative estimate of drug-likeness (QED) is 0.521. The monoisotopic (exact) mass is 430 g/mol. The lowest BCUT2D eigenvalue weighted by Crippen LogP contribution is -2.30. The number of rotatable bonds is 7. The molecule has 3 rings (SSSR count). The fraction of sp³-hybridized carbons (Fsp3) is 0.350. The van der Waals surface area contributed by atoms with Crippen LogP contribution in [0.2, 0.25) is 0 Å². The lowest BCUT2D eigenvalue weighted by Gasteiger charge is -2.17. The van der Waals surface area contributed by atoms with E-state index in [1.54, 1.807) is 43.1 Å². The Hall–Kier alpha value is -2.82. The normalized spacial score (nSPS) is 12.3. The second-order valence-electron chi connectivity index (χ2n) is 7.82. The summed E-state index contributed by atoms with van der Waals surface area (Å²) in [6, 6.07) is 4.82. The minimum Gasteiger partial charge on any atom is -0.390 e. The smallest absolute Gasteiger partial charge is 0.240 e. The van der Waals surface area contributed by atoms with E-state index >= 15 is 0 Å². The number of nitrogens with two attached hydrogens (primary N) is 1. The van der Waals surface area contributed by atoms with Crippen molar-refractivity contribution < 1.29 is 13.5 Å². The van der Waals surface area contributed by atoms with Gasteiger partial charge in [0, 0.05) is 18.3 Å². The number of nitrogen functional groups attached to an aromatic ring is 1. The maximum Gasteiger partial charge on any atom is 0.240 e. The molecule has 0 aliphatic carbocycles. The number of aromatic nitrogens is 4. The predicted molar refractivity (Wildman–Crippen MR) is 115 cm³/mol. The van der Waals surface area contributed by atoms with Gasteiger partial charge in [-0.2, -0.15) is 0 Å². The first-order valence-corrected chi connectivity index (χ1v) is 10.9. The Kier molecular flexibility index (Phi) is 5.93. The zero-order valence-corrected chi connectivity index (χ0v) is 18.2. The van der Waals surface area contributed by atoms with Gasteiger partial charge in [0.2, 0.25) is 10.0 Å². The summed E-state index contributed by atoms with van der Waals surface area (Å²) in [5, 5.41) is 9.79. The average molecular weight is 431 g/mol. The summed E-state index contributed by atoms with van der Waals surface area (Å²) in [6.45, 7) is 7.11. The molecule has 2 heterocycles. The largest absolute Gasteiger partial charge is 0.390 e. The van der Waals surface area contributed by atoms with Crippen LogP contribution in [-0.4, -0.2) is 45.2 Å². The van der Waals surface area contributed by atoms with Crippen molar-refractivity contribution in [1.29, 1.82) is 0 Å². The number of sulfonamides is 1. The highest BCUT2D eigenvalue weighted by molar-refractivity contribution is 7.89. The third-order valence-corrected chi connectivity index (χ3v) is 6.02. The van der Waals surface area contributed by atoms with Crippen LogP contribution >= 0.6 is 0 Å². The molecular weight excluding hydrogens is 404 g/mol. The zero-order chi connectivity index (χ0) is 22.1. The molecule has 0 saturated heterocycles. The van der Waals surface area contributed by atoms with Crippen LogP contribution in [0.3, 0.4) is 0 Å². The van der Waals surface area contributed by atoms with Gasteiger partial charge < -0.3 is 10.8 Å². The molecule has 0 spiro atoms. The van der Waals surface area contributed by atoms with Crippen LogP contribution in [0.25, 0.3) is 17.1 Å². The molecule has 0 aliphatic heterocycles. The molecule has 4 N–H and O–H groups in total. The number of aryl methyl sites for hydroxylation is 2. The molecule has 3 aromatic rings. The van der Waals surface area contributed by atoms with E-state index in [0.717, 1.165) is 11.3 Å². The molecule has 30 heavy (non-hydrogen) atoms. The van der Waals surface area contributed by atoms with Crippen LogP contribution in [0.1, 0.15) is 31.5 Å². The molecule has 0 aliphatic rings. The van der Waals surface area contributed by atoms with Gasteiger partial charge in [-0.3, -0.25) is 4.57 Å². The predicted octanol–water partition coefficient (Wildman–Crippen LogP) is 1.97. The first-order chi connectivity index (χ1) is 14.0. The Labute approximate surface area is 176 Å². The molecule has 0 amide bonds. The molecule has 10 heteroatoms. The average Bonchev–Trinajstić information content (AvgIpc) is 3.07. The minimum atomic E-state index is -3.75. The van der Waals surface area contributed by atoms with E-state index in [-0.39, 0.29) is 17.3 Å². The Morgan fingerprint density at radius 1 is 1.23 bits per heavy atom. The van der Waals surface area contributed by atoms with Crippen molar-refractivity contribution in [2.45, 2.75) is 44.6 Å². The summed E-state index contributed by atoms with van der Waals surface area (Å²) in [5.74, 6) is 0.662. The van der Waals surface area contributed by atoms with Gasteiger partial charge in [-0.25, -0.2) is 28.1 Å². The van der Waals surface area contributed by atoms with E-state index in [9.17, 15) is 13.5 Å². The van der Waals surface area contributed by atoms with Crippen molar-refractivity contribution in [3.8, 4) is 17.1 Å². The highest BCUT2D eigenvalue weighted by atomic mass is 32.2. The van der Waals surface area contributed by atoms with Crippen molar-refractivity contribution in [2.24, 2.45) is 0 Å². The Balaban J connectivity index is 1.96. The van der Waals surface area contributed by atoms with Gasteiger partial charge in [0.05, 0.1) is 28.1 Å². The summed E-state index contributed by atoms with van der Waals surface area (Å²) < 4.78 is 29.6. The third-order valence-electron chi connectivity index (χ3n) is 4.56. The zero-order valence-electron chi connectivity index (χ0n) is 17.4. The van der Waals surface area contributed by atoms with Gasteiger partial charge >= 0.3 is 0 Å². The van der Waals surface area contributed by atoms with Gasteiger partial charge in [-0.1, -0.05) is 6.07 Å². The topological polar surface area (TPSA) is 136 Å². The number of aliphatic hydroxyl groups is 1. The van der Waals surface area contributed by atoms with Crippen molar-refractivity contribution in [3.63, 3.8) is 0 Å². The number of hydrogen-bond donors (Lipinski definition) is 3. The lowest BCUT2D eigenvalue weighted by atomic mass is 10.1. The maximum absolute atomic E-state index is 12.7. The van der Waals surface area contributed by atoms with E-state index in [0.29, 0.717) is 23.5 Å². The molecule has 0 atom stereocenters. The van der Waals surface area contributed by atoms with Gasteiger partial charge in [0.1, 0.15) is 6.33 Å². The van der Waals surface area contributed by atoms with E-state index in [4.69, 9.17) is 5.73 Å². The van der Waals surface area contributed by atoms with Crippen LogP contribution in [0, 0.1) is 13.8 Å². The summed E-state index contributed by atoms with van der Waals surface area (Å²) in [6.07, 6.45) is 5.19. The highest BCUT2D eigenvalue weighted by Gasteiger charge is 2.19. The molecule has 2 aromatic heterocycles. The molecule has 0 fully saturated rings. The van der Waals surface area contributed by atoms with Crippen LogP contribution in [0.15, 0.2) is 41.8 Å².